The molecule has 270 valence electrons. The number of fused-ring (bicyclic) bond motifs is 5. The van der Waals surface area contributed by atoms with Crippen molar-refractivity contribution in [2.24, 2.45) is 45.8 Å². The summed E-state index contributed by atoms with van der Waals surface area (Å²) in [5.41, 5.74) is 5.83. The first-order valence-electron chi connectivity index (χ1n) is 19.2. The third-order valence-corrected chi connectivity index (χ3v) is 20.2. The number of benzene rings is 1. The molecule has 0 spiro atoms. The topological polar surface area (TPSA) is 63.6 Å². The van der Waals surface area contributed by atoms with Gasteiger partial charge in [-0.05, 0) is 122 Å². The van der Waals surface area contributed by atoms with E-state index in [0.717, 1.165) is 36.3 Å². The first-order chi connectivity index (χ1) is 22.0. The fourth-order valence-electron chi connectivity index (χ4n) is 11.0. The molecule has 4 aliphatic carbocycles. The van der Waals surface area contributed by atoms with Gasteiger partial charge in [0.2, 0.25) is 0 Å². The summed E-state index contributed by atoms with van der Waals surface area (Å²) in [7, 11) is -6.07. The summed E-state index contributed by atoms with van der Waals surface area (Å²) in [5.74, 6) is 3.16. The normalized spacial score (nSPS) is 33.2. The lowest BCUT2D eigenvalue weighted by molar-refractivity contribution is -0.0113. The molecule has 1 N–H and O–H groups in total. The van der Waals surface area contributed by atoms with Crippen LogP contribution in [0.15, 0.2) is 46.4 Å². The maximum atomic E-state index is 12.0. The Morgan fingerprint density at radius 3 is 2.29 bits per heavy atom. The van der Waals surface area contributed by atoms with E-state index in [2.05, 4.69) is 87.6 Å². The molecule has 0 radical (unpaired) electrons. The Kier molecular flexibility index (Phi) is 10.4. The van der Waals surface area contributed by atoms with Crippen LogP contribution < -0.4 is 0 Å². The van der Waals surface area contributed by atoms with Gasteiger partial charge in [0, 0.05) is 5.41 Å². The standard InChI is InChI=1S/C42H68O4SSi/c1-28(26-31-27-29(2)16-20-36(31)47(43,44)45)14-13-15-30(3)33-18-19-34-32-17-21-37-40(7,8)38(46-48(11,12)39(4,5)6)23-25-42(37,10)35(32)22-24-41(33,34)9/h16-17,20-21,27-28,30,33-35,38H,13-15,18-19,22-26H2,1-12H3,(H,43,44,45)/t28-,30-,33-,34+,35+,38+,41-,42-/m1/s1. The second-order valence-electron chi connectivity index (χ2n) is 19.4. The van der Waals surface area contributed by atoms with Crippen LogP contribution in [0.5, 0.6) is 0 Å². The van der Waals surface area contributed by atoms with E-state index < -0.39 is 18.4 Å². The van der Waals surface area contributed by atoms with Crippen molar-refractivity contribution in [3.8, 4) is 0 Å². The molecule has 6 heteroatoms. The Morgan fingerprint density at radius 2 is 1.65 bits per heavy atom. The molecular formula is C42H68O4SSi. The Hall–Kier alpha value is -1.21. The molecule has 0 amide bonds. The molecule has 4 nitrogen and oxygen atoms in total. The zero-order valence-corrected chi connectivity index (χ0v) is 34.3. The first-order valence-corrected chi connectivity index (χ1v) is 23.5. The zero-order valence-electron chi connectivity index (χ0n) is 32.5. The molecule has 0 unspecified atom stereocenters. The Bertz CT molecular complexity index is 1530. The van der Waals surface area contributed by atoms with Crippen LogP contribution in [0.3, 0.4) is 0 Å². The SMILES string of the molecule is Cc1ccc(S(=O)(=O)O)c(C[C@H](C)CCC[C@@H](C)[C@H]2CC[C@H]3C4=CC=C5C(C)(C)[C@@H](O[Si](C)(C)C(C)(C)C)CC[C@]5(C)[C@H]4CC[C@]23C)c1. The Morgan fingerprint density at radius 1 is 0.958 bits per heavy atom. The van der Waals surface area contributed by atoms with E-state index in [-0.39, 0.29) is 20.8 Å². The number of hydrogen-bond acceptors (Lipinski definition) is 3. The van der Waals surface area contributed by atoms with E-state index >= 15 is 0 Å². The van der Waals surface area contributed by atoms with Gasteiger partial charge in [0.15, 0.2) is 8.32 Å². The van der Waals surface area contributed by atoms with E-state index in [4.69, 9.17) is 4.43 Å². The number of hydrogen-bond donors (Lipinski definition) is 1. The Balaban J connectivity index is 1.25. The fourth-order valence-corrected chi connectivity index (χ4v) is 13.2. The van der Waals surface area contributed by atoms with Crippen molar-refractivity contribution in [3.05, 3.63) is 52.6 Å². The van der Waals surface area contributed by atoms with Crippen molar-refractivity contribution in [2.45, 2.75) is 163 Å². The van der Waals surface area contributed by atoms with E-state index in [0.29, 0.717) is 41.6 Å². The second kappa shape index (κ2) is 13.1. The molecule has 0 aliphatic heterocycles. The van der Waals surface area contributed by atoms with E-state index in [9.17, 15) is 13.0 Å². The molecule has 48 heavy (non-hydrogen) atoms. The first kappa shape index (κ1) is 38.0. The number of allylic oxidation sites excluding steroid dienone is 3. The summed E-state index contributed by atoms with van der Waals surface area (Å²) in [5, 5.41) is 0.219. The zero-order chi connectivity index (χ0) is 35.7. The molecule has 0 aromatic heterocycles. The monoisotopic (exact) mass is 696 g/mol. The lowest BCUT2D eigenvalue weighted by Crippen LogP contribution is -2.55. The van der Waals surface area contributed by atoms with E-state index in [1.165, 1.54) is 38.5 Å². The highest BCUT2D eigenvalue weighted by atomic mass is 32.2. The van der Waals surface area contributed by atoms with Gasteiger partial charge in [-0.1, -0.05) is 123 Å². The number of rotatable bonds is 10. The minimum absolute atomic E-state index is 0.0441. The molecule has 3 saturated carbocycles. The van der Waals surface area contributed by atoms with Gasteiger partial charge < -0.3 is 4.43 Å². The van der Waals surface area contributed by atoms with Crippen LogP contribution in [0.4, 0.5) is 0 Å². The summed E-state index contributed by atoms with van der Waals surface area (Å²) in [6, 6.07) is 5.24. The van der Waals surface area contributed by atoms with Gasteiger partial charge in [0.05, 0.1) is 11.0 Å². The maximum absolute atomic E-state index is 12.0. The highest BCUT2D eigenvalue weighted by Crippen LogP contribution is 2.68. The lowest BCUT2D eigenvalue weighted by atomic mass is 9.46. The predicted octanol–water partition coefficient (Wildman–Crippen LogP) is 11.8. The van der Waals surface area contributed by atoms with Crippen LogP contribution in [-0.4, -0.2) is 27.4 Å². The minimum Gasteiger partial charge on any atom is -0.413 e. The van der Waals surface area contributed by atoms with Gasteiger partial charge >= 0.3 is 0 Å². The average molecular weight is 697 g/mol. The third-order valence-electron chi connectivity index (χ3n) is 14.8. The largest absolute Gasteiger partial charge is 0.413 e. The summed E-state index contributed by atoms with van der Waals surface area (Å²) < 4.78 is 40.9. The van der Waals surface area contributed by atoms with Gasteiger partial charge in [-0.25, -0.2) is 0 Å². The van der Waals surface area contributed by atoms with Crippen molar-refractivity contribution >= 4 is 18.4 Å². The van der Waals surface area contributed by atoms with Crippen molar-refractivity contribution in [1.29, 1.82) is 0 Å². The molecule has 4 aliphatic rings. The van der Waals surface area contributed by atoms with E-state index in [1.807, 2.05) is 13.0 Å². The Labute approximate surface area is 295 Å². The van der Waals surface area contributed by atoms with Crippen molar-refractivity contribution in [2.75, 3.05) is 0 Å². The third kappa shape index (κ3) is 6.87. The van der Waals surface area contributed by atoms with Crippen LogP contribution in [-0.2, 0) is 21.0 Å². The van der Waals surface area contributed by atoms with Gasteiger partial charge in [0.25, 0.3) is 10.1 Å². The second-order valence-corrected chi connectivity index (χ2v) is 25.6. The van der Waals surface area contributed by atoms with Crippen molar-refractivity contribution in [1.82, 2.24) is 0 Å². The quantitative estimate of drug-likeness (QED) is 0.195. The molecule has 5 rings (SSSR count). The predicted molar refractivity (Wildman–Crippen MR) is 203 cm³/mol. The molecular weight excluding hydrogens is 629 g/mol. The summed E-state index contributed by atoms with van der Waals surface area (Å²) in [4.78, 5) is 0.0674. The molecule has 0 heterocycles. The van der Waals surface area contributed by atoms with Gasteiger partial charge in [-0.2, -0.15) is 8.42 Å². The van der Waals surface area contributed by atoms with Gasteiger partial charge in [-0.3, -0.25) is 4.55 Å². The van der Waals surface area contributed by atoms with Crippen LogP contribution in [0.25, 0.3) is 0 Å². The molecule has 1 aromatic rings. The minimum atomic E-state index is -4.21. The average Bonchev–Trinajstić information content (AvgIpc) is 3.30. The molecule has 3 fully saturated rings. The number of aryl methyl sites for hydroxylation is 1. The maximum Gasteiger partial charge on any atom is 0.294 e. The van der Waals surface area contributed by atoms with Gasteiger partial charge in [-0.15, -0.1) is 0 Å². The highest BCUT2D eigenvalue weighted by molar-refractivity contribution is 7.85. The molecule has 8 atom stereocenters. The summed E-state index contributed by atoms with van der Waals surface area (Å²) >= 11 is 0. The van der Waals surface area contributed by atoms with Crippen LogP contribution >= 0.6 is 0 Å². The van der Waals surface area contributed by atoms with Crippen LogP contribution in [0.2, 0.25) is 18.1 Å². The van der Waals surface area contributed by atoms with Gasteiger partial charge in [0.1, 0.15) is 0 Å². The van der Waals surface area contributed by atoms with Crippen LogP contribution in [0, 0.1) is 52.8 Å². The molecule has 0 saturated heterocycles. The lowest BCUT2D eigenvalue weighted by Gasteiger charge is -2.60. The highest BCUT2D eigenvalue weighted by Gasteiger charge is 2.60. The molecule has 0 bridgehead atoms. The fraction of sp³-hybridized carbons (Fsp3) is 0.762. The van der Waals surface area contributed by atoms with Crippen molar-refractivity contribution in [3.63, 3.8) is 0 Å². The molecule has 1 aromatic carbocycles. The van der Waals surface area contributed by atoms with E-state index in [1.54, 1.807) is 23.3 Å². The van der Waals surface area contributed by atoms with Crippen LogP contribution in [0.1, 0.15) is 131 Å². The van der Waals surface area contributed by atoms with Crippen molar-refractivity contribution < 1.29 is 17.4 Å². The summed E-state index contributed by atoms with van der Waals surface area (Å²) in [6.07, 6.45) is 17.3. The smallest absolute Gasteiger partial charge is 0.294 e. The summed E-state index contributed by atoms with van der Waals surface area (Å²) in [6.45, 7) is 28.8.